The highest BCUT2D eigenvalue weighted by Crippen LogP contribution is 2.47. The number of carboxylic acids is 1. The van der Waals surface area contributed by atoms with Crippen molar-refractivity contribution < 1.29 is 119 Å². The van der Waals surface area contributed by atoms with Gasteiger partial charge in [-0.2, -0.15) is 0 Å². The Hall–Kier alpha value is -4.64. The second-order valence-electron chi connectivity index (χ2n) is 14.2. The molecule has 0 spiro atoms. The van der Waals surface area contributed by atoms with Crippen LogP contribution in [0.4, 0.5) is 0 Å². The first kappa shape index (κ1) is 44.9. The Morgan fingerprint density at radius 3 is 1.87 bits per heavy atom. The number of esters is 1. The molecule has 0 radical (unpaired) electrons. The Labute approximate surface area is 337 Å². The van der Waals surface area contributed by atoms with Crippen LogP contribution in [0.15, 0.2) is 36.1 Å². The Bertz CT molecular complexity index is 1870. The van der Waals surface area contributed by atoms with Crippen LogP contribution in [-0.4, -0.2) is 195 Å². The van der Waals surface area contributed by atoms with Gasteiger partial charge in [-0.1, -0.05) is 6.07 Å². The number of hydrogen-bond acceptors (Lipinski definition) is 23. The molecule has 3 fully saturated rings. The molecule has 4 aliphatic rings. The first-order valence-corrected chi connectivity index (χ1v) is 18.2. The van der Waals surface area contributed by atoms with Crippen LogP contribution in [-0.2, 0) is 38.0 Å². The van der Waals surface area contributed by atoms with Crippen LogP contribution in [0.5, 0.6) is 28.7 Å². The molecule has 4 heterocycles. The molecule has 1 unspecified atom stereocenters. The lowest BCUT2D eigenvalue weighted by Crippen LogP contribution is -2.64. The number of rotatable bonds is 13. The van der Waals surface area contributed by atoms with E-state index < -0.39 is 154 Å². The average Bonchev–Trinajstić information content (AvgIpc) is 3.20. The van der Waals surface area contributed by atoms with Crippen LogP contribution in [0.3, 0.4) is 0 Å². The second-order valence-corrected chi connectivity index (χ2v) is 14.2. The number of phenols is 3. The minimum Gasteiger partial charge on any atom is -0.508 e. The molecule has 332 valence electrons. The van der Waals surface area contributed by atoms with E-state index in [9.17, 15) is 76.0 Å². The van der Waals surface area contributed by atoms with Crippen LogP contribution in [0.1, 0.15) is 23.7 Å². The maximum Gasteiger partial charge on any atom is 0.317 e. The van der Waals surface area contributed by atoms with E-state index in [1.807, 2.05) is 0 Å². The van der Waals surface area contributed by atoms with E-state index in [-0.39, 0.29) is 28.4 Å². The van der Waals surface area contributed by atoms with Gasteiger partial charge in [0.15, 0.2) is 30.0 Å². The lowest BCUT2D eigenvalue weighted by molar-refractivity contribution is -0.364. The summed E-state index contributed by atoms with van der Waals surface area (Å²) < 4.78 is 45.7. The van der Waals surface area contributed by atoms with E-state index in [0.717, 1.165) is 24.3 Å². The Morgan fingerprint density at radius 2 is 1.25 bits per heavy atom. The lowest BCUT2D eigenvalue weighted by Gasteiger charge is -2.46. The summed E-state index contributed by atoms with van der Waals surface area (Å²) in [5.41, 5.74) is -0.0511. The minimum absolute atomic E-state index is 0.0453. The van der Waals surface area contributed by atoms with Crippen molar-refractivity contribution >= 4 is 18.0 Å². The second kappa shape index (κ2) is 18.5. The molecule has 0 bridgehead atoms. The maximum atomic E-state index is 12.1. The van der Waals surface area contributed by atoms with Crippen molar-refractivity contribution in [2.45, 2.75) is 105 Å². The van der Waals surface area contributed by atoms with E-state index in [1.54, 1.807) is 0 Å². The first-order chi connectivity index (χ1) is 28.4. The van der Waals surface area contributed by atoms with Crippen LogP contribution < -0.4 is 9.47 Å². The predicted molar refractivity (Wildman–Crippen MR) is 187 cm³/mol. The monoisotopic (exact) mass is 860 g/mol. The molecule has 0 amide bonds. The van der Waals surface area contributed by atoms with Crippen molar-refractivity contribution in [3.8, 4) is 28.7 Å². The van der Waals surface area contributed by atoms with Gasteiger partial charge in [-0.3, -0.25) is 9.59 Å². The molecular formula is C36H44O24. The molecule has 6 rings (SSSR count). The van der Waals surface area contributed by atoms with Crippen LogP contribution in [0.2, 0.25) is 0 Å². The normalized spacial score (nSPS) is 36.6. The van der Waals surface area contributed by atoms with Gasteiger partial charge < -0.3 is 109 Å². The van der Waals surface area contributed by atoms with E-state index in [1.165, 1.54) is 12.1 Å². The molecular weight excluding hydrogens is 816 g/mol. The number of fused-ring (bicyclic) bond motifs is 1. The summed E-state index contributed by atoms with van der Waals surface area (Å²) >= 11 is 0. The van der Waals surface area contributed by atoms with Gasteiger partial charge in [-0.25, -0.2) is 0 Å². The summed E-state index contributed by atoms with van der Waals surface area (Å²) in [7, 11) is 0. The lowest BCUT2D eigenvalue weighted by atomic mass is 9.97. The minimum atomic E-state index is -2.12. The molecule has 4 aliphatic heterocycles. The van der Waals surface area contributed by atoms with Crippen molar-refractivity contribution in [3.05, 3.63) is 47.2 Å². The smallest absolute Gasteiger partial charge is 0.317 e. The highest BCUT2D eigenvalue weighted by molar-refractivity contribution is 5.90. The van der Waals surface area contributed by atoms with Crippen molar-refractivity contribution in [1.82, 2.24) is 0 Å². The fraction of sp³-hybridized carbons (Fsp3) is 0.556. The fourth-order valence-corrected chi connectivity index (χ4v) is 6.75. The van der Waals surface area contributed by atoms with E-state index in [2.05, 4.69) is 0 Å². The van der Waals surface area contributed by atoms with Crippen molar-refractivity contribution in [2.24, 2.45) is 0 Å². The van der Waals surface area contributed by atoms with Gasteiger partial charge in [0, 0.05) is 17.7 Å². The van der Waals surface area contributed by atoms with E-state index >= 15 is 0 Å². The highest BCUT2D eigenvalue weighted by Gasteiger charge is 2.53. The van der Waals surface area contributed by atoms with Gasteiger partial charge in [0.2, 0.25) is 12.6 Å². The van der Waals surface area contributed by atoms with Crippen molar-refractivity contribution in [1.29, 1.82) is 0 Å². The van der Waals surface area contributed by atoms with E-state index in [0.29, 0.717) is 0 Å². The zero-order chi connectivity index (χ0) is 43.7. The number of carbonyl (C=O) groups is 2. The fourth-order valence-electron chi connectivity index (χ4n) is 6.75. The number of carboxylic acid groups (broad SMARTS) is 1. The third-order valence-electron chi connectivity index (χ3n) is 10.0. The molecule has 14 N–H and O–H groups in total. The molecule has 2 aromatic rings. The number of aliphatic carboxylic acids is 1. The topological polar surface area (TPSA) is 391 Å². The predicted octanol–water partition coefficient (Wildman–Crippen LogP) is -4.88. The van der Waals surface area contributed by atoms with Crippen LogP contribution in [0, 0.1) is 0 Å². The summed E-state index contributed by atoms with van der Waals surface area (Å²) in [5, 5.41) is 145. The molecule has 16 atom stereocenters. The zero-order valence-corrected chi connectivity index (χ0v) is 30.9. The molecule has 24 nitrogen and oxygen atoms in total. The van der Waals surface area contributed by atoms with Crippen molar-refractivity contribution in [3.63, 3.8) is 0 Å². The summed E-state index contributed by atoms with van der Waals surface area (Å²) in [5.74, 6) is -5.32. The number of phenolic OH excluding ortho intramolecular Hbond substituents is 3. The molecule has 2 aromatic carbocycles. The molecule has 0 aliphatic carbocycles. The molecule has 3 saturated heterocycles. The third kappa shape index (κ3) is 9.31. The number of benzene rings is 2. The Kier molecular flexibility index (Phi) is 13.9. The summed E-state index contributed by atoms with van der Waals surface area (Å²) in [6.45, 7) is -2.56. The standard InChI is InChI=1S/C36H44O24/c37-8-19-24(45)27(48)30(51)34(57-19)55-17-5-12(39)4-16-13(17)6-18(32(54-16)11-1-2-14(40)15(41)3-11)56-36-33(60-35-31(52)28(49)25(46)20(9-38)58-35)29(50)26(47)21(59-36)10-53-23(44)7-22(42)43/h1-6,19-21,24-41,45-52H,7-10H2,(H,42,43)/t19-,20-,21-,24-,25-,26-,27+,28+,29-,30+,31-,32?,33-,34-,35+,36-/m1/s1. The third-order valence-corrected chi connectivity index (χ3v) is 10.0. The van der Waals surface area contributed by atoms with Gasteiger partial charge >= 0.3 is 11.9 Å². The Morgan fingerprint density at radius 1 is 0.650 bits per heavy atom. The van der Waals surface area contributed by atoms with Gasteiger partial charge in [0.05, 0.1) is 18.8 Å². The molecule has 60 heavy (non-hydrogen) atoms. The van der Waals surface area contributed by atoms with E-state index in [4.69, 9.17) is 43.0 Å². The molecule has 0 saturated carbocycles. The van der Waals surface area contributed by atoms with Gasteiger partial charge in [-0.05, 0) is 18.2 Å². The average molecular weight is 861 g/mol. The maximum absolute atomic E-state index is 12.1. The first-order valence-electron chi connectivity index (χ1n) is 18.2. The number of ether oxygens (including phenoxy) is 8. The largest absolute Gasteiger partial charge is 0.508 e. The van der Waals surface area contributed by atoms with Gasteiger partial charge in [0.25, 0.3) is 0 Å². The highest BCUT2D eigenvalue weighted by atomic mass is 16.8. The number of aliphatic hydroxyl groups excluding tert-OH is 10. The number of aromatic hydroxyl groups is 3. The summed E-state index contributed by atoms with van der Waals surface area (Å²) in [4.78, 5) is 23.1. The summed E-state index contributed by atoms with van der Waals surface area (Å²) in [6.07, 6.45) is -29.2. The van der Waals surface area contributed by atoms with Crippen molar-refractivity contribution in [2.75, 3.05) is 19.8 Å². The molecule has 24 heteroatoms. The van der Waals surface area contributed by atoms with Gasteiger partial charge in [0.1, 0.15) is 103 Å². The number of aliphatic hydroxyl groups is 10. The zero-order valence-electron chi connectivity index (χ0n) is 30.9. The number of hydrogen-bond donors (Lipinski definition) is 14. The quantitative estimate of drug-likeness (QED) is 0.0510. The van der Waals surface area contributed by atoms with Crippen LogP contribution >= 0.6 is 0 Å². The Balaban J connectivity index is 1.41. The van der Waals surface area contributed by atoms with Crippen LogP contribution in [0.25, 0.3) is 6.08 Å². The molecule has 0 aromatic heterocycles. The number of carbonyl (C=O) groups excluding carboxylic acids is 1. The summed E-state index contributed by atoms with van der Waals surface area (Å²) in [6, 6.07) is 5.56. The SMILES string of the molecule is O=C(O)CC(=O)OC[C@H]1O[C@@H](OC2=Cc3c(cc(O)cc3O[C@@H]3O[C@H](CO)[C@@H](O)[C@H](O)[C@@H]3O)OC2c2ccc(O)c(O)c2)[C@H](O[C@@H]2O[C@H](CO)[C@@H](O)[C@H](O)[C@H]2O)[C@H](O)[C@@H]1O. The van der Waals surface area contributed by atoms with Gasteiger partial charge in [-0.15, -0.1) is 0 Å².